The van der Waals surface area contributed by atoms with E-state index >= 15 is 0 Å². The van der Waals surface area contributed by atoms with Gasteiger partial charge in [-0.05, 0) is 12.8 Å². The molecule has 0 unspecified atom stereocenters. The van der Waals surface area contributed by atoms with Crippen LogP contribution in [0, 0.1) is 16.0 Å². The number of benzene rings is 1. The predicted molar refractivity (Wildman–Crippen MR) is 87.4 cm³/mol. The van der Waals surface area contributed by atoms with Gasteiger partial charge in [0.2, 0.25) is 15.9 Å². The van der Waals surface area contributed by atoms with Gasteiger partial charge in [0.15, 0.2) is 0 Å². The molecule has 132 valence electrons. The zero-order valence-corrected chi connectivity index (χ0v) is 14.2. The van der Waals surface area contributed by atoms with Gasteiger partial charge in [-0.15, -0.1) is 0 Å². The van der Waals surface area contributed by atoms with Gasteiger partial charge < -0.3 is 10.1 Å². The Morgan fingerprint density at radius 1 is 1.42 bits per heavy atom. The van der Waals surface area contributed by atoms with E-state index in [1.807, 2.05) is 0 Å². The summed E-state index contributed by atoms with van der Waals surface area (Å²) in [7, 11) is -1.98. The fourth-order valence-electron chi connectivity index (χ4n) is 2.58. The number of amides is 1. The number of nitrogens with zero attached hydrogens (tertiary/aromatic N) is 2. The number of anilines is 1. The number of carbonyl (C=O) groups is 1. The van der Waals surface area contributed by atoms with E-state index in [4.69, 9.17) is 4.74 Å². The zero-order valence-electron chi connectivity index (χ0n) is 13.4. The molecule has 0 spiro atoms. The first kappa shape index (κ1) is 18.1. The van der Waals surface area contributed by atoms with Crippen LogP contribution in [0.1, 0.15) is 12.8 Å². The molecule has 1 aromatic rings. The van der Waals surface area contributed by atoms with E-state index in [1.165, 1.54) is 29.6 Å². The number of methoxy groups -OCH3 is 1. The number of sulfonamides is 1. The minimum atomic E-state index is -3.35. The third-order valence-corrected chi connectivity index (χ3v) is 5.10. The molecule has 1 N–H and O–H groups in total. The minimum absolute atomic E-state index is 0.108. The van der Waals surface area contributed by atoms with Crippen LogP contribution in [-0.4, -0.2) is 50.0 Å². The van der Waals surface area contributed by atoms with Gasteiger partial charge in [-0.3, -0.25) is 14.9 Å². The Bertz CT molecular complexity index is 749. The Hall–Kier alpha value is -2.20. The van der Waals surface area contributed by atoms with Crippen molar-refractivity contribution in [1.29, 1.82) is 0 Å². The third kappa shape index (κ3) is 4.42. The van der Waals surface area contributed by atoms with Crippen molar-refractivity contribution < 1.29 is 22.9 Å². The summed E-state index contributed by atoms with van der Waals surface area (Å²) in [6.07, 6.45) is 2.26. The lowest BCUT2D eigenvalue weighted by Crippen LogP contribution is -2.43. The Morgan fingerprint density at radius 3 is 2.71 bits per heavy atom. The first-order chi connectivity index (χ1) is 11.2. The van der Waals surface area contributed by atoms with Crippen LogP contribution in [0.4, 0.5) is 11.4 Å². The molecule has 1 aliphatic heterocycles. The van der Waals surface area contributed by atoms with Gasteiger partial charge in [-0.25, -0.2) is 12.7 Å². The highest BCUT2D eigenvalue weighted by Crippen LogP contribution is 2.27. The van der Waals surface area contributed by atoms with Crippen LogP contribution in [0.25, 0.3) is 0 Å². The summed E-state index contributed by atoms with van der Waals surface area (Å²) in [5.41, 5.74) is 0.0357. The highest BCUT2D eigenvalue weighted by molar-refractivity contribution is 7.88. The van der Waals surface area contributed by atoms with Gasteiger partial charge >= 0.3 is 0 Å². The van der Waals surface area contributed by atoms with E-state index in [0.717, 1.165) is 6.26 Å². The van der Waals surface area contributed by atoms with Crippen LogP contribution >= 0.6 is 0 Å². The standard InChI is InChI=1S/C14H19N3O6S/c1-23-13-7-11(6-12(8-13)17(19)20)15-14(18)10-4-3-5-16(9-10)24(2,21)22/h6-8,10H,3-5,9H2,1-2H3,(H,15,18)/t10-/m0/s1. The van der Waals surface area contributed by atoms with Crippen LogP contribution in [0.2, 0.25) is 0 Å². The fourth-order valence-corrected chi connectivity index (χ4v) is 3.49. The van der Waals surface area contributed by atoms with Crippen LogP contribution < -0.4 is 10.1 Å². The largest absolute Gasteiger partial charge is 0.496 e. The van der Waals surface area contributed by atoms with Gasteiger partial charge in [0.1, 0.15) is 5.75 Å². The second-order valence-corrected chi connectivity index (χ2v) is 7.61. The summed E-state index contributed by atoms with van der Waals surface area (Å²) in [6.45, 7) is 0.504. The van der Waals surface area contributed by atoms with Crippen LogP contribution in [0.5, 0.6) is 5.75 Å². The summed E-state index contributed by atoms with van der Waals surface area (Å²) < 4.78 is 29.5. The predicted octanol–water partition coefficient (Wildman–Crippen LogP) is 1.21. The SMILES string of the molecule is COc1cc(NC(=O)[C@H]2CCCN(S(C)(=O)=O)C2)cc([N+](=O)[O-])c1. The highest BCUT2D eigenvalue weighted by Gasteiger charge is 2.30. The summed E-state index contributed by atoms with van der Waals surface area (Å²) in [4.78, 5) is 22.7. The topological polar surface area (TPSA) is 119 Å². The van der Waals surface area contributed by atoms with Crippen molar-refractivity contribution in [3.63, 3.8) is 0 Å². The molecule has 1 atom stereocenters. The normalized spacial score (nSPS) is 18.8. The summed E-state index contributed by atoms with van der Waals surface area (Å²) in [5, 5.41) is 13.5. The van der Waals surface area contributed by atoms with Crippen LogP contribution in [-0.2, 0) is 14.8 Å². The van der Waals surface area contributed by atoms with Gasteiger partial charge in [0.05, 0.1) is 36.0 Å². The summed E-state index contributed by atoms with van der Waals surface area (Å²) in [5.74, 6) is -0.620. The van der Waals surface area contributed by atoms with Gasteiger partial charge in [-0.1, -0.05) is 0 Å². The molecule has 2 rings (SSSR count). The average molecular weight is 357 g/mol. The summed E-state index contributed by atoms with van der Waals surface area (Å²) >= 11 is 0. The Morgan fingerprint density at radius 2 is 2.12 bits per heavy atom. The molecule has 9 nitrogen and oxygen atoms in total. The first-order valence-electron chi connectivity index (χ1n) is 7.30. The van der Waals surface area contributed by atoms with E-state index < -0.39 is 20.9 Å². The highest BCUT2D eigenvalue weighted by atomic mass is 32.2. The molecule has 0 bridgehead atoms. The van der Waals surface area contributed by atoms with Crippen LogP contribution in [0.3, 0.4) is 0 Å². The molecule has 0 aromatic heterocycles. The molecule has 0 aliphatic carbocycles. The van der Waals surface area contributed by atoms with Crippen molar-refractivity contribution in [2.24, 2.45) is 5.92 Å². The minimum Gasteiger partial charge on any atom is -0.496 e. The zero-order chi connectivity index (χ0) is 17.9. The van der Waals surface area contributed by atoms with Crippen molar-refractivity contribution >= 4 is 27.3 Å². The number of piperidine rings is 1. The quantitative estimate of drug-likeness (QED) is 0.625. The molecular weight excluding hydrogens is 338 g/mol. The number of nitrogens with one attached hydrogen (secondary N) is 1. The molecule has 1 aromatic carbocycles. The molecule has 1 aliphatic rings. The van der Waals surface area contributed by atoms with Crippen molar-refractivity contribution in [2.45, 2.75) is 12.8 Å². The van der Waals surface area contributed by atoms with E-state index in [2.05, 4.69) is 5.32 Å². The molecule has 1 heterocycles. The van der Waals surface area contributed by atoms with E-state index in [9.17, 15) is 23.3 Å². The lowest BCUT2D eigenvalue weighted by atomic mass is 9.98. The maximum Gasteiger partial charge on any atom is 0.275 e. The molecule has 0 radical (unpaired) electrons. The van der Waals surface area contributed by atoms with Gasteiger partial charge in [-0.2, -0.15) is 0 Å². The number of rotatable bonds is 5. The lowest BCUT2D eigenvalue weighted by Gasteiger charge is -2.30. The molecular formula is C14H19N3O6S. The maximum absolute atomic E-state index is 12.4. The maximum atomic E-state index is 12.4. The van der Waals surface area contributed by atoms with E-state index in [-0.39, 0.29) is 29.6 Å². The number of nitro groups is 1. The Kier molecular flexibility index (Phi) is 5.40. The van der Waals surface area contributed by atoms with E-state index in [0.29, 0.717) is 19.4 Å². The van der Waals surface area contributed by atoms with Crippen molar-refractivity contribution in [3.8, 4) is 5.75 Å². The summed E-state index contributed by atoms with van der Waals surface area (Å²) in [6, 6.07) is 3.96. The molecule has 1 fully saturated rings. The van der Waals surface area contributed by atoms with Crippen LogP contribution in [0.15, 0.2) is 18.2 Å². The van der Waals surface area contributed by atoms with Crippen molar-refractivity contribution in [3.05, 3.63) is 28.3 Å². The Labute approximate surface area is 139 Å². The number of nitro benzene ring substituents is 1. The van der Waals surface area contributed by atoms with Gasteiger partial charge in [0.25, 0.3) is 5.69 Å². The second kappa shape index (κ2) is 7.14. The van der Waals surface area contributed by atoms with Gasteiger partial charge in [0, 0.05) is 25.2 Å². The third-order valence-electron chi connectivity index (χ3n) is 3.83. The number of carbonyl (C=O) groups excluding carboxylic acids is 1. The van der Waals surface area contributed by atoms with Crippen molar-refractivity contribution in [2.75, 3.05) is 31.8 Å². The average Bonchev–Trinajstić information content (AvgIpc) is 2.53. The second-order valence-electron chi connectivity index (χ2n) is 5.63. The number of hydrogen-bond donors (Lipinski definition) is 1. The van der Waals surface area contributed by atoms with E-state index in [1.54, 1.807) is 0 Å². The molecule has 0 saturated carbocycles. The smallest absolute Gasteiger partial charge is 0.275 e. The van der Waals surface area contributed by atoms with Crippen molar-refractivity contribution in [1.82, 2.24) is 4.31 Å². The lowest BCUT2D eigenvalue weighted by molar-refractivity contribution is -0.384. The fraction of sp³-hybridized carbons (Fsp3) is 0.500. The number of ether oxygens (including phenoxy) is 1. The molecule has 10 heteroatoms. The molecule has 1 amide bonds. The number of non-ortho nitro benzene ring substituents is 1. The number of hydrogen-bond acceptors (Lipinski definition) is 6. The monoisotopic (exact) mass is 357 g/mol. The molecule has 24 heavy (non-hydrogen) atoms. The Balaban J connectivity index is 2.14. The first-order valence-corrected chi connectivity index (χ1v) is 9.15. The molecule has 1 saturated heterocycles.